The molecule has 1 fully saturated rings. The number of β-amino-alcohol motifs (C(OH)–C–C–N with tert-alkyl or cyclic N) is 1. The molecule has 202 valence electrons. The van der Waals surface area contributed by atoms with Crippen molar-refractivity contribution in [3.63, 3.8) is 0 Å². The second-order valence-electron chi connectivity index (χ2n) is 10.6. The fourth-order valence-corrected chi connectivity index (χ4v) is 5.63. The number of piperidine rings is 1. The third-order valence-electron chi connectivity index (χ3n) is 7.43. The maximum atomic E-state index is 13.0. The van der Waals surface area contributed by atoms with Gasteiger partial charge in [0.25, 0.3) is 0 Å². The number of carbonyl (C=O) groups is 1. The third kappa shape index (κ3) is 5.67. The molecule has 2 heterocycles. The van der Waals surface area contributed by atoms with E-state index in [1.54, 1.807) is 4.90 Å². The Balaban J connectivity index is 1.35. The first kappa shape index (κ1) is 26.2. The Morgan fingerprint density at radius 1 is 1.32 bits per heavy atom. The number of amidine groups is 1. The number of aliphatic hydroxyl groups is 1. The van der Waals surface area contributed by atoms with Crippen LogP contribution in [-0.4, -0.2) is 66.0 Å². The molecule has 0 spiro atoms. The molecule has 1 aromatic carbocycles. The third-order valence-corrected chi connectivity index (χ3v) is 7.43. The predicted octanol–water partition coefficient (Wildman–Crippen LogP) is 4.27. The minimum Gasteiger partial charge on any atom is -0.491 e. The zero-order valence-corrected chi connectivity index (χ0v) is 22.2. The number of allylic oxidation sites excluding steroid dienone is 2. The summed E-state index contributed by atoms with van der Waals surface area (Å²) in [5.74, 6) is 1.87. The van der Waals surface area contributed by atoms with E-state index in [0.717, 1.165) is 54.6 Å². The van der Waals surface area contributed by atoms with Crippen molar-refractivity contribution in [2.24, 2.45) is 15.9 Å². The largest absolute Gasteiger partial charge is 0.491 e. The zero-order valence-electron chi connectivity index (χ0n) is 22.2. The van der Waals surface area contributed by atoms with Crippen LogP contribution in [0.1, 0.15) is 68.7 Å². The number of hydrogen-bond acceptors (Lipinski definition) is 7. The standard InChI is InChI=1S/C29H37N5O4/c1-18(2)38-26-12-11-19(14-20(26)15-30)28-33-27(31-17-37-28)24-9-3-8-23-22(24)7-4-10-25(23)32-29(36)34-13-5-6-21(35)16-34/h3,8-9,12,14-15,18-19,21,25,30,35H,4-7,10-11,13,16-17H2,1-2H3,(H,32,36). The van der Waals surface area contributed by atoms with Gasteiger partial charge < -0.3 is 30.2 Å². The van der Waals surface area contributed by atoms with Crippen LogP contribution in [0, 0.1) is 11.3 Å². The molecule has 0 radical (unpaired) electrons. The van der Waals surface area contributed by atoms with Gasteiger partial charge in [0.05, 0.1) is 24.2 Å². The van der Waals surface area contributed by atoms with Gasteiger partial charge in [-0.25, -0.2) is 9.79 Å². The lowest BCUT2D eigenvalue weighted by atomic mass is 9.84. The molecule has 0 aromatic heterocycles. The lowest BCUT2D eigenvalue weighted by Crippen LogP contribution is -2.48. The zero-order chi connectivity index (χ0) is 26.6. The second-order valence-corrected chi connectivity index (χ2v) is 10.6. The monoisotopic (exact) mass is 519 g/mol. The van der Waals surface area contributed by atoms with Gasteiger partial charge in [-0.05, 0) is 69.6 Å². The first-order valence-electron chi connectivity index (χ1n) is 13.6. The highest BCUT2D eigenvalue weighted by Crippen LogP contribution is 2.34. The van der Waals surface area contributed by atoms with E-state index < -0.39 is 6.10 Å². The molecule has 3 N–H and O–H groups in total. The van der Waals surface area contributed by atoms with Crippen LogP contribution >= 0.6 is 0 Å². The summed E-state index contributed by atoms with van der Waals surface area (Å²) in [6.07, 6.45) is 9.85. The van der Waals surface area contributed by atoms with Crippen molar-refractivity contribution in [2.45, 2.75) is 70.6 Å². The minimum absolute atomic E-state index is 0.0347. The lowest BCUT2D eigenvalue weighted by molar-refractivity contribution is 0.0830. The van der Waals surface area contributed by atoms with E-state index in [-0.39, 0.29) is 30.8 Å². The summed E-state index contributed by atoms with van der Waals surface area (Å²) in [6, 6.07) is 5.93. The molecule has 0 saturated carbocycles. The maximum absolute atomic E-state index is 13.0. The molecule has 9 nitrogen and oxygen atoms in total. The first-order valence-corrected chi connectivity index (χ1v) is 13.6. The molecule has 9 heteroatoms. The molecule has 1 saturated heterocycles. The molecule has 2 amide bonds. The quantitative estimate of drug-likeness (QED) is 0.486. The van der Waals surface area contributed by atoms with Gasteiger partial charge in [0.2, 0.25) is 0 Å². The smallest absolute Gasteiger partial charge is 0.317 e. The van der Waals surface area contributed by atoms with Gasteiger partial charge >= 0.3 is 6.03 Å². The highest BCUT2D eigenvalue weighted by molar-refractivity contribution is 6.08. The lowest BCUT2D eigenvalue weighted by Gasteiger charge is -2.34. The number of nitrogens with zero attached hydrogens (tertiary/aromatic N) is 3. The minimum atomic E-state index is -0.447. The fourth-order valence-electron chi connectivity index (χ4n) is 5.63. The number of likely N-dealkylation sites (tertiary alicyclic amines) is 1. The summed E-state index contributed by atoms with van der Waals surface area (Å²) in [6.45, 7) is 5.20. The van der Waals surface area contributed by atoms with Crippen LogP contribution in [0.2, 0.25) is 0 Å². The van der Waals surface area contributed by atoms with Crippen LogP contribution in [0.5, 0.6) is 0 Å². The molecule has 2 aliphatic carbocycles. The number of nitrogens with one attached hydrogen (secondary N) is 2. The normalized spacial score (nSPS) is 25.3. The molecule has 4 aliphatic rings. The van der Waals surface area contributed by atoms with Crippen molar-refractivity contribution in [3.8, 4) is 0 Å². The number of fused-ring (bicyclic) bond motifs is 1. The number of carbonyl (C=O) groups excluding carboxylic acids is 1. The van der Waals surface area contributed by atoms with Crippen LogP contribution < -0.4 is 5.32 Å². The average molecular weight is 520 g/mol. The summed E-state index contributed by atoms with van der Waals surface area (Å²) < 4.78 is 11.7. The molecular weight excluding hydrogens is 482 g/mol. The Morgan fingerprint density at radius 2 is 2.18 bits per heavy atom. The van der Waals surface area contributed by atoms with E-state index in [1.807, 2.05) is 38.1 Å². The molecule has 5 rings (SSSR count). The van der Waals surface area contributed by atoms with E-state index in [4.69, 9.17) is 19.9 Å². The Morgan fingerprint density at radius 3 is 2.97 bits per heavy atom. The van der Waals surface area contributed by atoms with Gasteiger partial charge in [-0.1, -0.05) is 24.3 Å². The van der Waals surface area contributed by atoms with Crippen molar-refractivity contribution in [3.05, 3.63) is 58.4 Å². The van der Waals surface area contributed by atoms with E-state index in [9.17, 15) is 9.90 Å². The summed E-state index contributed by atoms with van der Waals surface area (Å²) >= 11 is 0. The summed E-state index contributed by atoms with van der Waals surface area (Å²) in [7, 11) is 0. The Bertz CT molecular complexity index is 1200. The number of amides is 2. The van der Waals surface area contributed by atoms with E-state index in [0.29, 0.717) is 31.2 Å². The van der Waals surface area contributed by atoms with E-state index >= 15 is 0 Å². The number of ether oxygens (including phenoxy) is 2. The Kier molecular flexibility index (Phi) is 7.93. The topological polar surface area (TPSA) is 120 Å². The predicted molar refractivity (Wildman–Crippen MR) is 147 cm³/mol. The molecule has 3 unspecified atom stereocenters. The number of aliphatic hydroxyl groups excluding tert-OH is 1. The van der Waals surface area contributed by atoms with Crippen molar-refractivity contribution < 1.29 is 19.4 Å². The van der Waals surface area contributed by atoms with Gasteiger partial charge in [0, 0.05) is 30.4 Å². The van der Waals surface area contributed by atoms with Crippen LogP contribution in [0.3, 0.4) is 0 Å². The average Bonchev–Trinajstić information content (AvgIpc) is 2.93. The van der Waals surface area contributed by atoms with Crippen LogP contribution in [-0.2, 0) is 15.9 Å². The summed E-state index contributed by atoms with van der Waals surface area (Å²) in [4.78, 5) is 24.1. The molecular formula is C29H37N5O4. The van der Waals surface area contributed by atoms with Crippen LogP contribution in [0.25, 0.3) is 0 Å². The Hall–Kier alpha value is -3.46. The second kappa shape index (κ2) is 11.5. The fraction of sp³-hybridized carbons (Fsp3) is 0.517. The first-order chi connectivity index (χ1) is 18.4. The number of hydrogen-bond donors (Lipinski definition) is 3. The van der Waals surface area contributed by atoms with Gasteiger partial charge in [-0.15, -0.1) is 0 Å². The van der Waals surface area contributed by atoms with Gasteiger partial charge in [-0.3, -0.25) is 0 Å². The maximum Gasteiger partial charge on any atom is 0.317 e. The molecule has 1 aromatic rings. The highest BCUT2D eigenvalue weighted by atomic mass is 16.5. The molecule has 2 aliphatic heterocycles. The van der Waals surface area contributed by atoms with E-state index in [1.165, 1.54) is 11.8 Å². The van der Waals surface area contributed by atoms with Gasteiger partial charge in [0.1, 0.15) is 5.76 Å². The van der Waals surface area contributed by atoms with E-state index in [2.05, 4.69) is 16.4 Å². The van der Waals surface area contributed by atoms with Crippen molar-refractivity contribution >= 4 is 24.0 Å². The van der Waals surface area contributed by atoms with Crippen molar-refractivity contribution in [2.75, 3.05) is 19.8 Å². The summed E-state index contributed by atoms with van der Waals surface area (Å²) in [5, 5.41) is 21.0. The number of urea groups is 1. The SMILES string of the molecule is CC(C)OC1=CCC(C2=NC(c3cccc4c3CCCC4NC(=O)N3CCCC(O)C3)=NCO2)C=C1C=N. The number of aliphatic imine (C=N–C) groups is 2. The van der Waals surface area contributed by atoms with Crippen LogP contribution in [0.4, 0.5) is 4.79 Å². The van der Waals surface area contributed by atoms with Crippen molar-refractivity contribution in [1.82, 2.24) is 10.2 Å². The van der Waals surface area contributed by atoms with Gasteiger partial charge in [0.15, 0.2) is 18.5 Å². The van der Waals surface area contributed by atoms with Crippen molar-refractivity contribution in [1.29, 1.82) is 5.41 Å². The Labute approximate surface area is 223 Å². The molecule has 0 bridgehead atoms. The molecule has 38 heavy (non-hydrogen) atoms. The van der Waals surface area contributed by atoms with Gasteiger partial charge in [-0.2, -0.15) is 4.99 Å². The molecule has 3 atom stereocenters. The highest BCUT2D eigenvalue weighted by Gasteiger charge is 2.30. The number of rotatable bonds is 6. The summed E-state index contributed by atoms with van der Waals surface area (Å²) in [5.41, 5.74) is 3.97. The number of benzene rings is 1. The van der Waals surface area contributed by atoms with Crippen LogP contribution in [0.15, 0.2) is 51.7 Å².